The minimum absolute atomic E-state index is 0.361. The molecule has 0 aliphatic heterocycles. The van der Waals surface area contributed by atoms with Crippen LogP contribution in [0.2, 0.25) is 5.02 Å². The van der Waals surface area contributed by atoms with Gasteiger partial charge in [0.25, 0.3) is 0 Å². The summed E-state index contributed by atoms with van der Waals surface area (Å²) in [6.07, 6.45) is 2.85. The zero-order chi connectivity index (χ0) is 8.27. The number of rotatable bonds is 1. The summed E-state index contributed by atoms with van der Waals surface area (Å²) in [6.45, 7) is 0. The maximum atomic E-state index is 10.8. The van der Waals surface area contributed by atoms with Gasteiger partial charge in [-0.2, -0.15) is 0 Å². The van der Waals surface area contributed by atoms with Gasteiger partial charge in [0.2, 0.25) is 0 Å². The number of nitrogens with zero attached hydrogens (tertiary/aromatic N) is 1. The molecular weight excluding hydrogens is 166 g/mol. The van der Waals surface area contributed by atoms with Crippen LogP contribution in [0.5, 0.6) is 0 Å². The molecule has 3 nitrogen and oxygen atoms in total. The predicted molar refractivity (Wildman–Crippen MR) is 40.6 cm³/mol. The molecule has 0 amide bonds. The average Bonchev–Trinajstić information content (AvgIpc) is 2.03. The van der Waals surface area contributed by atoms with Crippen molar-refractivity contribution in [3.8, 4) is 0 Å². The summed E-state index contributed by atoms with van der Waals surface area (Å²) in [6, 6.07) is 1.50. The van der Waals surface area contributed by atoms with Gasteiger partial charge in [-0.25, -0.2) is 4.79 Å². The molecule has 0 N–H and O–H groups in total. The van der Waals surface area contributed by atoms with Crippen molar-refractivity contribution < 1.29 is 9.53 Å². The quantitative estimate of drug-likeness (QED) is 0.602. The van der Waals surface area contributed by atoms with Gasteiger partial charge in [-0.1, -0.05) is 11.6 Å². The molecule has 1 rings (SSSR count). The lowest BCUT2D eigenvalue weighted by atomic mass is 10.3. The largest absolute Gasteiger partial charge is 0.465 e. The Balaban J connectivity index is 2.96. The summed E-state index contributed by atoms with van der Waals surface area (Å²) in [4.78, 5) is 14.6. The van der Waals surface area contributed by atoms with Crippen LogP contribution in [-0.4, -0.2) is 18.1 Å². The highest BCUT2D eigenvalue weighted by Gasteiger charge is 2.04. The molecule has 1 aromatic rings. The molecular formula is C7H6ClNO2. The van der Waals surface area contributed by atoms with Gasteiger partial charge < -0.3 is 4.74 Å². The van der Waals surface area contributed by atoms with E-state index in [2.05, 4.69) is 9.72 Å². The van der Waals surface area contributed by atoms with Crippen LogP contribution >= 0.6 is 11.6 Å². The number of aromatic nitrogens is 1. The van der Waals surface area contributed by atoms with E-state index in [1.165, 1.54) is 25.6 Å². The number of hydrogen-bond acceptors (Lipinski definition) is 3. The second kappa shape index (κ2) is 3.34. The van der Waals surface area contributed by atoms with Gasteiger partial charge in [0.05, 0.1) is 17.7 Å². The van der Waals surface area contributed by atoms with Crippen LogP contribution in [0.3, 0.4) is 0 Å². The lowest BCUT2D eigenvalue weighted by molar-refractivity contribution is 0.0600. The first-order valence-electron chi connectivity index (χ1n) is 2.93. The second-order valence-corrected chi connectivity index (χ2v) is 2.32. The third-order valence-corrected chi connectivity index (χ3v) is 1.33. The van der Waals surface area contributed by atoms with Crippen LogP contribution < -0.4 is 0 Å². The number of halogens is 1. The van der Waals surface area contributed by atoms with E-state index in [1.807, 2.05) is 0 Å². The highest BCUT2D eigenvalue weighted by atomic mass is 35.5. The van der Waals surface area contributed by atoms with Crippen LogP contribution in [0.15, 0.2) is 18.5 Å². The van der Waals surface area contributed by atoms with Crippen molar-refractivity contribution in [3.05, 3.63) is 29.0 Å². The molecule has 0 aliphatic carbocycles. The fourth-order valence-corrected chi connectivity index (χ4v) is 0.815. The molecule has 1 aromatic heterocycles. The topological polar surface area (TPSA) is 39.2 Å². The summed E-state index contributed by atoms with van der Waals surface area (Å²) in [7, 11) is 1.31. The van der Waals surface area contributed by atoms with Crippen LogP contribution in [0, 0.1) is 0 Å². The Bertz CT molecular complexity index is 275. The minimum atomic E-state index is -0.431. The Morgan fingerprint density at radius 3 is 2.91 bits per heavy atom. The van der Waals surface area contributed by atoms with Crippen molar-refractivity contribution in [2.24, 2.45) is 0 Å². The smallest absolute Gasteiger partial charge is 0.339 e. The second-order valence-electron chi connectivity index (χ2n) is 1.88. The molecule has 0 aromatic carbocycles. The molecule has 0 unspecified atom stereocenters. The standard InChI is InChI=1S/C7H6ClNO2/c1-11-7(10)5-2-6(8)4-9-3-5/h2-4H,1H3. The third kappa shape index (κ3) is 1.91. The highest BCUT2D eigenvalue weighted by Crippen LogP contribution is 2.08. The van der Waals surface area contributed by atoms with Crippen molar-refractivity contribution in [1.29, 1.82) is 0 Å². The molecule has 0 saturated carbocycles. The van der Waals surface area contributed by atoms with Crippen molar-refractivity contribution >= 4 is 17.6 Å². The van der Waals surface area contributed by atoms with E-state index in [9.17, 15) is 4.79 Å². The predicted octanol–water partition coefficient (Wildman–Crippen LogP) is 1.52. The Morgan fingerprint density at radius 2 is 2.36 bits per heavy atom. The highest BCUT2D eigenvalue weighted by molar-refractivity contribution is 6.30. The lowest BCUT2D eigenvalue weighted by Gasteiger charge is -1.96. The number of pyridine rings is 1. The van der Waals surface area contributed by atoms with E-state index >= 15 is 0 Å². The molecule has 0 aliphatic rings. The van der Waals surface area contributed by atoms with Crippen LogP contribution in [0.1, 0.15) is 10.4 Å². The van der Waals surface area contributed by atoms with E-state index < -0.39 is 5.97 Å². The average molecular weight is 172 g/mol. The molecule has 58 valence electrons. The molecule has 0 saturated heterocycles. The van der Waals surface area contributed by atoms with Crippen molar-refractivity contribution in [3.63, 3.8) is 0 Å². The van der Waals surface area contributed by atoms with Crippen molar-refractivity contribution in [2.75, 3.05) is 7.11 Å². The van der Waals surface area contributed by atoms with Crippen LogP contribution in [0.25, 0.3) is 0 Å². The minimum Gasteiger partial charge on any atom is -0.465 e. The fourth-order valence-electron chi connectivity index (χ4n) is 0.641. The Morgan fingerprint density at radius 1 is 1.64 bits per heavy atom. The van der Waals surface area contributed by atoms with Gasteiger partial charge in [-0.15, -0.1) is 0 Å². The number of carbonyl (C=O) groups excluding carboxylic acids is 1. The maximum absolute atomic E-state index is 10.8. The molecule has 0 radical (unpaired) electrons. The third-order valence-electron chi connectivity index (χ3n) is 1.13. The van der Waals surface area contributed by atoms with Crippen molar-refractivity contribution in [1.82, 2.24) is 4.98 Å². The molecule has 0 atom stereocenters. The Kier molecular flexibility index (Phi) is 2.44. The number of carbonyl (C=O) groups is 1. The number of ether oxygens (including phenoxy) is 1. The molecule has 11 heavy (non-hydrogen) atoms. The summed E-state index contributed by atoms with van der Waals surface area (Å²) >= 11 is 5.58. The summed E-state index contributed by atoms with van der Waals surface area (Å²) in [5.41, 5.74) is 0.361. The van der Waals surface area contributed by atoms with Crippen molar-refractivity contribution in [2.45, 2.75) is 0 Å². The molecule has 0 bridgehead atoms. The first kappa shape index (κ1) is 8.01. The zero-order valence-corrected chi connectivity index (χ0v) is 6.63. The van der Waals surface area contributed by atoms with Gasteiger partial charge in [0.1, 0.15) is 0 Å². The van der Waals surface area contributed by atoms with Gasteiger partial charge in [-0.3, -0.25) is 4.98 Å². The summed E-state index contributed by atoms with van der Waals surface area (Å²) in [5.74, 6) is -0.431. The van der Waals surface area contributed by atoms with Gasteiger partial charge >= 0.3 is 5.97 Å². The van der Waals surface area contributed by atoms with Crippen LogP contribution in [-0.2, 0) is 4.74 Å². The molecule has 0 spiro atoms. The van der Waals surface area contributed by atoms with Gasteiger partial charge in [0, 0.05) is 12.4 Å². The van der Waals surface area contributed by atoms with E-state index in [0.29, 0.717) is 10.6 Å². The fraction of sp³-hybridized carbons (Fsp3) is 0.143. The monoisotopic (exact) mass is 171 g/mol. The van der Waals surface area contributed by atoms with E-state index in [0.717, 1.165) is 0 Å². The normalized spacial score (nSPS) is 9.27. The number of hydrogen-bond donors (Lipinski definition) is 0. The summed E-state index contributed by atoms with van der Waals surface area (Å²) in [5, 5.41) is 0.424. The number of esters is 1. The van der Waals surface area contributed by atoms with Gasteiger partial charge in [0.15, 0.2) is 0 Å². The van der Waals surface area contributed by atoms with Gasteiger partial charge in [-0.05, 0) is 6.07 Å². The summed E-state index contributed by atoms with van der Waals surface area (Å²) < 4.78 is 4.45. The van der Waals surface area contributed by atoms with E-state index in [-0.39, 0.29) is 0 Å². The first-order valence-corrected chi connectivity index (χ1v) is 3.30. The maximum Gasteiger partial charge on any atom is 0.339 e. The Labute approximate surface area is 69.0 Å². The first-order chi connectivity index (χ1) is 5.24. The zero-order valence-electron chi connectivity index (χ0n) is 5.87. The number of methoxy groups -OCH3 is 1. The van der Waals surface area contributed by atoms with E-state index in [1.54, 1.807) is 0 Å². The molecule has 0 fully saturated rings. The molecule has 1 heterocycles. The van der Waals surface area contributed by atoms with E-state index in [4.69, 9.17) is 11.6 Å². The molecule has 4 heteroatoms. The van der Waals surface area contributed by atoms with Crippen LogP contribution in [0.4, 0.5) is 0 Å². The SMILES string of the molecule is COC(=O)c1cncc(Cl)c1. The lowest BCUT2D eigenvalue weighted by Crippen LogP contribution is -2.00. The Hall–Kier alpha value is -1.09.